The van der Waals surface area contributed by atoms with Crippen LogP contribution >= 0.6 is 11.6 Å². The van der Waals surface area contributed by atoms with E-state index in [9.17, 15) is 14.4 Å². The van der Waals surface area contributed by atoms with Crippen molar-refractivity contribution in [2.75, 3.05) is 46.2 Å². The lowest BCUT2D eigenvalue weighted by atomic mass is 9.93. The molecule has 262 valence electrons. The van der Waals surface area contributed by atoms with Crippen LogP contribution in [0.1, 0.15) is 55.3 Å². The molecule has 3 aromatic rings. The van der Waals surface area contributed by atoms with Crippen molar-refractivity contribution in [2.45, 2.75) is 57.5 Å². The number of aryl methyl sites for hydroxylation is 1. The molecule has 3 N–H and O–H groups in total. The van der Waals surface area contributed by atoms with Gasteiger partial charge in [0.1, 0.15) is 5.57 Å². The van der Waals surface area contributed by atoms with Crippen LogP contribution < -0.4 is 20.7 Å². The fourth-order valence-corrected chi connectivity index (χ4v) is 7.78. The lowest BCUT2D eigenvalue weighted by Gasteiger charge is -2.36. The van der Waals surface area contributed by atoms with Gasteiger partial charge >= 0.3 is 6.03 Å². The third-order valence-corrected chi connectivity index (χ3v) is 10.5. The Morgan fingerprint density at radius 1 is 1.16 bits per heavy atom. The molecule has 3 heterocycles. The first-order valence-electron chi connectivity index (χ1n) is 17.2. The maximum atomic E-state index is 13.4. The number of hydrogen-bond acceptors (Lipinski definition) is 6. The Labute approximate surface area is 298 Å². The zero-order valence-corrected chi connectivity index (χ0v) is 30.1. The fourth-order valence-electron chi connectivity index (χ4n) is 7.46. The molecule has 2 aromatic carbocycles. The van der Waals surface area contributed by atoms with Crippen LogP contribution in [0.5, 0.6) is 5.88 Å². The molecule has 1 aromatic heterocycles. The number of hydrogen-bond donors (Lipinski definition) is 3. The van der Waals surface area contributed by atoms with Crippen LogP contribution in [-0.2, 0) is 16.0 Å². The summed E-state index contributed by atoms with van der Waals surface area (Å²) < 4.78 is 5.93. The van der Waals surface area contributed by atoms with Crippen LogP contribution in [0.25, 0.3) is 22.4 Å². The second kappa shape index (κ2) is 14.7. The summed E-state index contributed by atoms with van der Waals surface area (Å²) >= 11 is 7.20. The van der Waals surface area contributed by atoms with Crippen molar-refractivity contribution in [2.24, 2.45) is 0 Å². The maximum absolute atomic E-state index is 13.4. The molecule has 2 atom stereocenters. The number of halogens is 1. The number of anilines is 1. The van der Waals surface area contributed by atoms with E-state index in [4.69, 9.17) is 21.3 Å². The van der Waals surface area contributed by atoms with Crippen molar-refractivity contribution < 1.29 is 19.1 Å². The summed E-state index contributed by atoms with van der Waals surface area (Å²) in [6, 6.07) is 13.7. The second-order valence-electron chi connectivity index (χ2n) is 13.5. The summed E-state index contributed by atoms with van der Waals surface area (Å²) in [6.45, 7) is 6.32. The quantitative estimate of drug-likeness (QED) is 0.103. The molecule has 0 saturated carbocycles. The van der Waals surface area contributed by atoms with Gasteiger partial charge in [-0.2, -0.15) is 0 Å². The number of urea groups is 1. The fraction of sp³-hybridized carbons (Fsp3) is 0.385. The Morgan fingerprint density at radius 3 is 2.66 bits per heavy atom. The molecule has 2 unspecified atom stereocenters. The number of methoxy groups -OCH3 is 1. The van der Waals surface area contributed by atoms with Gasteiger partial charge in [-0.05, 0) is 73.9 Å². The maximum Gasteiger partial charge on any atom is 0.315 e. The van der Waals surface area contributed by atoms with Crippen LogP contribution in [0.3, 0.4) is 0 Å². The summed E-state index contributed by atoms with van der Waals surface area (Å²) in [5.41, 5.74) is 6.74. The van der Waals surface area contributed by atoms with Crippen molar-refractivity contribution in [1.29, 1.82) is 0 Å². The van der Waals surface area contributed by atoms with Gasteiger partial charge in [0.2, 0.25) is 5.88 Å². The number of pyridine rings is 1. The highest BCUT2D eigenvalue weighted by molar-refractivity contribution is 6.36. The van der Waals surface area contributed by atoms with E-state index in [1.807, 2.05) is 56.3 Å². The minimum atomic E-state index is -0.484. The van der Waals surface area contributed by atoms with Crippen molar-refractivity contribution >= 4 is 35.1 Å². The van der Waals surface area contributed by atoms with E-state index in [2.05, 4.69) is 26.9 Å². The number of amides is 4. The number of likely N-dealkylation sites (tertiary alicyclic amines) is 1. The van der Waals surface area contributed by atoms with Crippen molar-refractivity contribution in [3.05, 3.63) is 88.0 Å². The summed E-state index contributed by atoms with van der Waals surface area (Å²) in [5, 5.41) is 9.57. The van der Waals surface area contributed by atoms with E-state index >= 15 is 0 Å². The molecule has 10 nitrogen and oxygen atoms in total. The molecule has 11 heteroatoms. The van der Waals surface area contributed by atoms with Crippen molar-refractivity contribution in [3.8, 4) is 28.3 Å². The number of likely N-dealkylation sites (N-methyl/N-ethyl adjacent to an activating group) is 1. The lowest BCUT2D eigenvalue weighted by Crippen LogP contribution is -2.59. The summed E-state index contributed by atoms with van der Waals surface area (Å²) in [7, 11) is 4.91. The highest BCUT2D eigenvalue weighted by Crippen LogP contribution is 2.46. The van der Waals surface area contributed by atoms with Gasteiger partial charge in [-0.25, -0.2) is 9.78 Å². The number of allylic oxidation sites excluding steroid dienone is 3. The van der Waals surface area contributed by atoms with Crippen LogP contribution in [-0.4, -0.2) is 79.0 Å². The Bertz CT molecular complexity index is 1890. The summed E-state index contributed by atoms with van der Waals surface area (Å²) in [4.78, 5) is 47.2. The van der Waals surface area contributed by atoms with E-state index < -0.39 is 5.91 Å². The number of nitrogens with zero attached hydrogens (tertiary/aromatic N) is 3. The number of carbonyl (C=O) groups excluding carboxylic acids is 3. The van der Waals surface area contributed by atoms with Gasteiger partial charge < -0.3 is 25.6 Å². The van der Waals surface area contributed by atoms with E-state index in [0.717, 1.165) is 78.7 Å². The molecule has 2 saturated heterocycles. The largest absolute Gasteiger partial charge is 0.481 e. The molecular weight excluding hydrogens is 652 g/mol. The normalized spacial score (nSPS) is 20.5. The number of benzene rings is 2. The lowest BCUT2D eigenvalue weighted by molar-refractivity contribution is -0.127. The van der Waals surface area contributed by atoms with Crippen molar-refractivity contribution in [1.82, 2.24) is 25.4 Å². The topological polar surface area (TPSA) is 116 Å². The second-order valence-corrected chi connectivity index (χ2v) is 13.9. The van der Waals surface area contributed by atoms with Crippen molar-refractivity contribution in [3.63, 3.8) is 0 Å². The van der Waals surface area contributed by atoms with Gasteiger partial charge in [0.15, 0.2) is 0 Å². The average Bonchev–Trinajstić information content (AvgIpc) is 3.71. The molecule has 4 amide bonds. The first kappa shape index (κ1) is 35.2. The van der Waals surface area contributed by atoms with E-state index in [0.29, 0.717) is 23.1 Å². The monoisotopic (exact) mass is 696 g/mol. The summed E-state index contributed by atoms with van der Waals surface area (Å²) in [5.74, 6) is -0.263. The molecule has 6 rings (SSSR count). The van der Waals surface area contributed by atoms with Crippen LogP contribution in [0.15, 0.2) is 66.3 Å². The zero-order valence-electron chi connectivity index (χ0n) is 29.4. The number of carbonyl (C=O) groups is 3. The first-order chi connectivity index (χ1) is 24.1. The van der Waals surface area contributed by atoms with Crippen LogP contribution in [0.2, 0.25) is 5.02 Å². The number of aromatic nitrogens is 1. The van der Waals surface area contributed by atoms with Gasteiger partial charge in [0.25, 0.3) is 11.8 Å². The first-order valence-corrected chi connectivity index (χ1v) is 17.6. The number of ether oxygens (including phenoxy) is 1. The molecule has 2 fully saturated rings. The van der Waals surface area contributed by atoms with E-state index in [-0.39, 0.29) is 29.1 Å². The molecule has 0 radical (unpaired) electrons. The van der Waals surface area contributed by atoms with Gasteiger partial charge in [0.05, 0.1) is 23.4 Å². The zero-order chi connectivity index (χ0) is 35.6. The minimum absolute atomic E-state index is 0.0469. The highest BCUT2D eigenvalue weighted by Gasteiger charge is 2.45. The van der Waals surface area contributed by atoms with E-state index in [1.165, 1.54) is 10.5 Å². The SMILES string of the molecule is CC/C=C/C=C(/C(=O)Nc1cccc(-c2cccc(-c3cc4c(c(OC)n3)C(N3CCC5(CCNC(=O)N5)C3)CC4)c2Cl)c1C)C(=O)N(C)C. The van der Waals surface area contributed by atoms with E-state index in [1.54, 1.807) is 33.4 Å². The number of nitrogens with one attached hydrogen (secondary N) is 3. The highest BCUT2D eigenvalue weighted by atomic mass is 35.5. The van der Waals surface area contributed by atoms with Crippen LogP contribution in [0, 0.1) is 6.92 Å². The number of rotatable bonds is 9. The Hall–Kier alpha value is -4.67. The Kier molecular flexibility index (Phi) is 10.3. The molecule has 50 heavy (non-hydrogen) atoms. The van der Waals surface area contributed by atoms with Gasteiger partial charge in [-0.15, -0.1) is 0 Å². The number of fused-ring (bicyclic) bond motifs is 1. The molecular formula is C39H45ClN6O4. The van der Waals surface area contributed by atoms with Crippen LogP contribution in [0.4, 0.5) is 10.5 Å². The third kappa shape index (κ3) is 6.87. The molecule has 1 spiro atoms. The van der Waals surface area contributed by atoms with Gasteiger partial charge in [0, 0.05) is 62.1 Å². The minimum Gasteiger partial charge on any atom is -0.481 e. The van der Waals surface area contributed by atoms with Gasteiger partial charge in [-0.3, -0.25) is 14.5 Å². The van der Waals surface area contributed by atoms with Gasteiger partial charge in [-0.1, -0.05) is 61.0 Å². The average molecular weight is 697 g/mol. The predicted octanol–water partition coefficient (Wildman–Crippen LogP) is 6.44. The summed E-state index contributed by atoms with van der Waals surface area (Å²) in [6.07, 6.45) is 9.64. The molecule has 2 aliphatic heterocycles. The third-order valence-electron chi connectivity index (χ3n) is 10.1. The smallest absolute Gasteiger partial charge is 0.315 e. The molecule has 0 bridgehead atoms. The molecule has 3 aliphatic rings. The Morgan fingerprint density at radius 2 is 1.92 bits per heavy atom. The molecule has 1 aliphatic carbocycles. The Balaban J connectivity index is 1.28. The standard InChI is InChI=1S/C39H45ClN6O4/c1-6-7-8-11-29(37(48)45(3)4)35(47)42-30-15-10-12-26(24(30)2)27-13-9-14-28(34(27)40)31-22-25-16-17-32(33(25)36(43-31)50-5)46-21-19-39(23-46)18-20-41-38(49)44-39/h7-15,22,32H,6,16-21,23H2,1-5H3,(H,42,47)(H2,41,44,49)/b8-7+,29-11-. The predicted molar refractivity (Wildman–Crippen MR) is 197 cm³/mol.